The normalized spacial score (nSPS) is 20.1. The largest absolute Gasteiger partial charge is 0.452 e. The van der Waals surface area contributed by atoms with Gasteiger partial charge in [0.25, 0.3) is 5.91 Å². The number of hydrogen-bond acceptors (Lipinski definition) is 4. The molecule has 2 N–H and O–H groups in total. The maximum atomic E-state index is 11.9. The van der Waals surface area contributed by atoms with Crippen LogP contribution in [0.5, 0.6) is 0 Å². The number of benzene rings is 1. The van der Waals surface area contributed by atoms with Crippen LogP contribution in [0.3, 0.4) is 0 Å². The topological polar surface area (TPSA) is 84.5 Å². The third kappa shape index (κ3) is 5.08. The van der Waals surface area contributed by atoms with Crippen LogP contribution in [0.25, 0.3) is 0 Å². The molecule has 0 radical (unpaired) electrons. The van der Waals surface area contributed by atoms with Gasteiger partial charge in [0, 0.05) is 6.04 Å². The molecule has 1 saturated carbocycles. The van der Waals surface area contributed by atoms with E-state index in [1.54, 1.807) is 25.1 Å². The first-order valence-corrected chi connectivity index (χ1v) is 8.30. The summed E-state index contributed by atoms with van der Waals surface area (Å²) in [5, 5.41) is 5.02. The second-order valence-corrected chi connectivity index (χ2v) is 6.28. The minimum absolute atomic E-state index is 0.0843. The molecule has 0 spiro atoms. The number of carbonyl (C=O) groups excluding carboxylic acids is 3. The Morgan fingerprint density at radius 2 is 1.88 bits per heavy atom. The number of carbonyl (C=O) groups is 3. The number of ether oxygens (including phenoxy) is 1. The highest BCUT2D eigenvalue weighted by Crippen LogP contribution is 2.23. The summed E-state index contributed by atoms with van der Waals surface area (Å²) in [4.78, 5) is 35.5. The zero-order chi connectivity index (χ0) is 17.5. The van der Waals surface area contributed by atoms with Crippen molar-refractivity contribution in [3.05, 3.63) is 35.4 Å². The van der Waals surface area contributed by atoms with Gasteiger partial charge < -0.3 is 10.1 Å². The average molecular weight is 332 g/mol. The highest BCUT2D eigenvalue weighted by atomic mass is 16.5. The lowest BCUT2D eigenvalue weighted by Gasteiger charge is -2.29. The van der Waals surface area contributed by atoms with E-state index in [0.717, 1.165) is 24.8 Å². The van der Waals surface area contributed by atoms with E-state index in [1.165, 1.54) is 6.42 Å². The predicted molar refractivity (Wildman–Crippen MR) is 89.6 cm³/mol. The summed E-state index contributed by atoms with van der Waals surface area (Å²) in [7, 11) is 0. The molecule has 2 rings (SSSR count). The number of aryl methyl sites for hydroxylation is 1. The Morgan fingerprint density at radius 1 is 1.17 bits per heavy atom. The van der Waals surface area contributed by atoms with Crippen molar-refractivity contribution in [1.82, 2.24) is 10.6 Å². The molecule has 130 valence electrons. The number of nitrogens with one attached hydrogen (secondary N) is 2. The maximum absolute atomic E-state index is 11.9. The predicted octanol–water partition coefficient (Wildman–Crippen LogP) is 2.56. The van der Waals surface area contributed by atoms with Gasteiger partial charge in [0.1, 0.15) is 0 Å². The fourth-order valence-electron chi connectivity index (χ4n) is 2.91. The molecule has 1 aliphatic rings. The lowest BCUT2D eigenvalue weighted by Crippen LogP contribution is -2.48. The molecular weight excluding hydrogens is 308 g/mol. The molecular formula is C18H24N2O4. The molecule has 6 nitrogen and oxygen atoms in total. The number of urea groups is 1. The molecule has 0 bridgehead atoms. The van der Waals surface area contributed by atoms with E-state index < -0.39 is 24.5 Å². The summed E-state index contributed by atoms with van der Waals surface area (Å²) in [5.74, 6) is -0.819. The lowest BCUT2D eigenvalue weighted by molar-refractivity contribution is -0.123. The summed E-state index contributed by atoms with van der Waals surface area (Å²) in [6.45, 7) is 3.39. The summed E-state index contributed by atoms with van der Waals surface area (Å²) < 4.78 is 4.95. The fourth-order valence-corrected chi connectivity index (χ4v) is 2.91. The third-order valence-corrected chi connectivity index (χ3v) is 4.38. The second kappa shape index (κ2) is 8.47. The van der Waals surface area contributed by atoms with Crippen LogP contribution in [0, 0.1) is 12.8 Å². The molecule has 24 heavy (non-hydrogen) atoms. The van der Waals surface area contributed by atoms with Crippen molar-refractivity contribution in [2.75, 3.05) is 6.61 Å². The van der Waals surface area contributed by atoms with Crippen LogP contribution in [-0.2, 0) is 9.53 Å². The standard InChI is InChI=1S/C18H24N2O4/c1-12-7-3-5-9-14(12)17(22)24-11-16(21)20-18(23)19-15-10-6-4-8-13(15)2/h3,5,7,9,13,15H,4,6,8,10-11H2,1-2H3,(H2,19,20,21,23)/t13-,15-/m1/s1. The van der Waals surface area contributed by atoms with Crippen molar-refractivity contribution >= 4 is 17.9 Å². The van der Waals surface area contributed by atoms with Gasteiger partial charge in [0.15, 0.2) is 6.61 Å². The molecule has 0 unspecified atom stereocenters. The Labute approximate surface area is 142 Å². The lowest BCUT2D eigenvalue weighted by atomic mass is 9.86. The van der Waals surface area contributed by atoms with E-state index in [0.29, 0.717) is 11.5 Å². The third-order valence-electron chi connectivity index (χ3n) is 4.38. The van der Waals surface area contributed by atoms with Crippen molar-refractivity contribution in [1.29, 1.82) is 0 Å². The number of imide groups is 1. The molecule has 0 saturated heterocycles. The van der Waals surface area contributed by atoms with Crippen LogP contribution < -0.4 is 10.6 Å². The summed E-state index contributed by atoms with van der Waals surface area (Å²) >= 11 is 0. The van der Waals surface area contributed by atoms with Crippen LogP contribution in [0.15, 0.2) is 24.3 Å². The van der Waals surface area contributed by atoms with E-state index in [-0.39, 0.29) is 6.04 Å². The quantitative estimate of drug-likeness (QED) is 0.830. The van der Waals surface area contributed by atoms with E-state index in [4.69, 9.17) is 4.74 Å². The van der Waals surface area contributed by atoms with Gasteiger partial charge in [-0.25, -0.2) is 9.59 Å². The monoisotopic (exact) mass is 332 g/mol. The second-order valence-electron chi connectivity index (χ2n) is 6.28. The molecule has 0 aromatic heterocycles. The Hall–Kier alpha value is -2.37. The van der Waals surface area contributed by atoms with Gasteiger partial charge in [-0.15, -0.1) is 0 Å². The molecule has 3 amide bonds. The van der Waals surface area contributed by atoms with Gasteiger partial charge in [-0.3, -0.25) is 10.1 Å². The van der Waals surface area contributed by atoms with Crippen LogP contribution in [-0.4, -0.2) is 30.6 Å². The molecule has 6 heteroatoms. The average Bonchev–Trinajstić information content (AvgIpc) is 2.55. The minimum atomic E-state index is -0.641. The Morgan fingerprint density at radius 3 is 2.58 bits per heavy atom. The van der Waals surface area contributed by atoms with Gasteiger partial charge in [-0.2, -0.15) is 0 Å². The molecule has 0 heterocycles. The van der Waals surface area contributed by atoms with Crippen molar-refractivity contribution in [2.24, 2.45) is 5.92 Å². The molecule has 1 fully saturated rings. The maximum Gasteiger partial charge on any atom is 0.338 e. The molecule has 0 aliphatic heterocycles. The number of amides is 3. The van der Waals surface area contributed by atoms with Crippen LogP contribution in [0.4, 0.5) is 4.79 Å². The summed E-state index contributed by atoms with van der Waals surface area (Å²) in [6, 6.07) is 6.51. The first kappa shape index (κ1) is 18.0. The Bertz CT molecular complexity index is 615. The van der Waals surface area contributed by atoms with Crippen molar-refractivity contribution in [3.8, 4) is 0 Å². The Kier molecular flexibility index (Phi) is 6.35. The van der Waals surface area contributed by atoms with Gasteiger partial charge in [0.2, 0.25) is 0 Å². The zero-order valence-electron chi connectivity index (χ0n) is 14.1. The van der Waals surface area contributed by atoms with Crippen molar-refractivity contribution in [3.63, 3.8) is 0 Å². The van der Waals surface area contributed by atoms with Gasteiger partial charge in [-0.05, 0) is 37.3 Å². The van der Waals surface area contributed by atoms with E-state index >= 15 is 0 Å². The summed E-state index contributed by atoms with van der Waals surface area (Å²) in [6.07, 6.45) is 4.25. The van der Waals surface area contributed by atoms with Gasteiger partial charge >= 0.3 is 12.0 Å². The number of hydrogen-bond donors (Lipinski definition) is 2. The van der Waals surface area contributed by atoms with Crippen molar-refractivity contribution < 1.29 is 19.1 Å². The SMILES string of the molecule is Cc1ccccc1C(=O)OCC(=O)NC(=O)N[C@@H]1CCCC[C@H]1C. The van der Waals surface area contributed by atoms with E-state index in [2.05, 4.69) is 17.6 Å². The highest BCUT2D eigenvalue weighted by molar-refractivity contribution is 5.97. The Balaban J connectivity index is 1.75. The fraction of sp³-hybridized carbons (Fsp3) is 0.500. The summed E-state index contributed by atoms with van der Waals surface area (Å²) in [5.41, 5.74) is 1.18. The molecule has 1 aliphatic carbocycles. The minimum Gasteiger partial charge on any atom is -0.452 e. The molecule has 1 aromatic carbocycles. The van der Waals surface area contributed by atoms with Gasteiger partial charge in [0.05, 0.1) is 5.56 Å². The van der Waals surface area contributed by atoms with E-state index in [9.17, 15) is 14.4 Å². The first-order chi connectivity index (χ1) is 11.5. The first-order valence-electron chi connectivity index (χ1n) is 8.30. The van der Waals surface area contributed by atoms with Crippen LogP contribution >= 0.6 is 0 Å². The highest BCUT2D eigenvalue weighted by Gasteiger charge is 2.23. The number of esters is 1. The van der Waals surface area contributed by atoms with Crippen molar-refractivity contribution in [2.45, 2.75) is 45.6 Å². The smallest absolute Gasteiger partial charge is 0.338 e. The number of rotatable bonds is 4. The molecule has 2 atom stereocenters. The molecule has 1 aromatic rings. The van der Waals surface area contributed by atoms with Crippen LogP contribution in [0.2, 0.25) is 0 Å². The zero-order valence-corrected chi connectivity index (χ0v) is 14.1. The van der Waals surface area contributed by atoms with Gasteiger partial charge in [-0.1, -0.05) is 38.0 Å². The van der Waals surface area contributed by atoms with E-state index in [1.807, 2.05) is 6.07 Å². The van der Waals surface area contributed by atoms with Crippen LogP contribution in [0.1, 0.15) is 48.5 Å².